The van der Waals surface area contributed by atoms with Crippen molar-refractivity contribution in [2.75, 3.05) is 6.54 Å². The number of aromatic nitrogens is 3. The molecule has 1 heterocycles. The summed E-state index contributed by atoms with van der Waals surface area (Å²) in [5.74, 6) is 0. The normalized spacial score (nSPS) is 12.7. The Morgan fingerprint density at radius 1 is 1.50 bits per heavy atom. The Labute approximate surface area is 119 Å². The number of halogens is 2. The topological polar surface area (TPSA) is 42.7 Å². The molecule has 0 saturated carbocycles. The summed E-state index contributed by atoms with van der Waals surface area (Å²) in [5, 5.41) is 12.0. The molecular weight excluding hydrogens is 316 g/mol. The van der Waals surface area contributed by atoms with Crippen LogP contribution in [-0.2, 0) is 7.05 Å². The van der Waals surface area contributed by atoms with Gasteiger partial charge in [0.15, 0.2) is 0 Å². The summed E-state index contributed by atoms with van der Waals surface area (Å²) in [6.07, 6.45) is 1.76. The smallest absolute Gasteiger partial charge is 0.0799 e. The summed E-state index contributed by atoms with van der Waals surface area (Å²) in [7, 11) is 1.88. The fraction of sp³-hybridized carbons (Fsp3) is 0.333. The monoisotopic (exact) mass is 328 g/mol. The number of benzene rings is 1. The first-order chi connectivity index (χ1) is 8.63. The van der Waals surface area contributed by atoms with E-state index in [9.17, 15) is 0 Å². The van der Waals surface area contributed by atoms with Crippen molar-refractivity contribution in [3.63, 3.8) is 0 Å². The van der Waals surface area contributed by atoms with E-state index in [4.69, 9.17) is 11.6 Å². The van der Waals surface area contributed by atoms with E-state index in [-0.39, 0.29) is 6.04 Å². The Morgan fingerprint density at radius 3 is 2.89 bits per heavy atom. The van der Waals surface area contributed by atoms with Crippen LogP contribution in [0.1, 0.15) is 24.2 Å². The molecule has 0 saturated heterocycles. The van der Waals surface area contributed by atoms with Gasteiger partial charge in [-0.25, -0.2) is 0 Å². The third-order valence-electron chi connectivity index (χ3n) is 2.72. The molecular formula is C12H14BrClN4. The number of hydrogen-bond donors (Lipinski definition) is 1. The molecule has 2 rings (SSSR count). The van der Waals surface area contributed by atoms with E-state index >= 15 is 0 Å². The van der Waals surface area contributed by atoms with Gasteiger partial charge in [-0.15, -0.1) is 5.10 Å². The number of hydrogen-bond acceptors (Lipinski definition) is 3. The molecule has 0 aliphatic carbocycles. The second kappa shape index (κ2) is 5.82. The number of nitrogens with one attached hydrogen (secondary N) is 1. The zero-order valence-electron chi connectivity index (χ0n) is 10.2. The molecule has 0 aliphatic rings. The van der Waals surface area contributed by atoms with Crippen LogP contribution < -0.4 is 5.32 Å². The van der Waals surface area contributed by atoms with E-state index < -0.39 is 0 Å². The minimum Gasteiger partial charge on any atom is -0.305 e. The van der Waals surface area contributed by atoms with Crippen molar-refractivity contribution >= 4 is 27.5 Å². The van der Waals surface area contributed by atoms with Crippen molar-refractivity contribution in [1.29, 1.82) is 0 Å². The maximum Gasteiger partial charge on any atom is 0.0799 e. The van der Waals surface area contributed by atoms with Gasteiger partial charge in [-0.1, -0.05) is 39.7 Å². The van der Waals surface area contributed by atoms with Crippen LogP contribution in [0.2, 0.25) is 5.02 Å². The standard InChI is InChI=1S/C12H14BrClN4/c1-3-15-12(11-7-16-17-18(11)2)9-6-8(14)4-5-10(9)13/h4-7,12,15H,3H2,1-2H3. The Morgan fingerprint density at radius 2 is 2.28 bits per heavy atom. The average molecular weight is 330 g/mol. The van der Waals surface area contributed by atoms with Crippen molar-refractivity contribution < 1.29 is 0 Å². The van der Waals surface area contributed by atoms with Crippen molar-refractivity contribution in [3.8, 4) is 0 Å². The zero-order valence-corrected chi connectivity index (χ0v) is 12.5. The van der Waals surface area contributed by atoms with Gasteiger partial charge in [0, 0.05) is 16.5 Å². The highest BCUT2D eigenvalue weighted by atomic mass is 79.9. The van der Waals surface area contributed by atoms with E-state index in [2.05, 4.69) is 38.5 Å². The van der Waals surface area contributed by atoms with E-state index in [1.807, 2.05) is 25.2 Å². The van der Waals surface area contributed by atoms with Crippen LogP contribution in [0.5, 0.6) is 0 Å². The molecule has 0 bridgehead atoms. The van der Waals surface area contributed by atoms with Gasteiger partial charge < -0.3 is 5.32 Å². The van der Waals surface area contributed by atoms with Crippen LogP contribution in [0.4, 0.5) is 0 Å². The first-order valence-corrected chi connectivity index (χ1v) is 6.83. The Hall–Kier alpha value is -0.910. The molecule has 0 aliphatic heterocycles. The SMILES string of the molecule is CCNC(c1cc(Cl)ccc1Br)c1cnnn1C. The van der Waals surface area contributed by atoms with Gasteiger partial charge in [0.25, 0.3) is 0 Å². The zero-order chi connectivity index (χ0) is 13.1. The fourth-order valence-corrected chi connectivity index (χ4v) is 2.53. The summed E-state index contributed by atoms with van der Waals surface area (Å²) in [4.78, 5) is 0. The van der Waals surface area contributed by atoms with Crippen molar-refractivity contribution in [3.05, 3.63) is 45.1 Å². The Balaban J connectivity index is 2.48. The van der Waals surface area contributed by atoms with Gasteiger partial charge in [0.1, 0.15) is 0 Å². The third-order valence-corrected chi connectivity index (χ3v) is 3.68. The molecule has 0 amide bonds. The minimum absolute atomic E-state index is 0.0167. The maximum absolute atomic E-state index is 6.08. The highest BCUT2D eigenvalue weighted by molar-refractivity contribution is 9.10. The van der Waals surface area contributed by atoms with Crippen LogP contribution in [0.3, 0.4) is 0 Å². The average Bonchev–Trinajstić information content (AvgIpc) is 2.76. The molecule has 0 fully saturated rings. The van der Waals surface area contributed by atoms with Crippen molar-refractivity contribution in [2.45, 2.75) is 13.0 Å². The van der Waals surface area contributed by atoms with Crippen LogP contribution >= 0.6 is 27.5 Å². The molecule has 6 heteroatoms. The quantitative estimate of drug-likeness (QED) is 0.938. The number of nitrogens with zero attached hydrogens (tertiary/aromatic N) is 3. The third kappa shape index (κ3) is 2.74. The fourth-order valence-electron chi connectivity index (χ4n) is 1.87. The second-order valence-electron chi connectivity index (χ2n) is 3.94. The van der Waals surface area contributed by atoms with E-state index in [0.717, 1.165) is 22.3 Å². The second-order valence-corrected chi connectivity index (χ2v) is 5.23. The summed E-state index contributed by atoms with van der Waals surface area (Å²) in [6.45, 7) is 2.91. The number of rotatable bonds is 4. The first kappa shape index (κ1) is 13.5. The summed E-state index contributed by atoms with van der Waals surface area (Å²) < 4.78 is 2.78. The van der Waals surface area contributed by atoms with E-state index in [1.54, 1.807) is 10.9 Å². The summed E-state index contributed by atoms with van der Waals surface area (Å²) in [6, 6.07) is 5.78. The van der Waals surface area contributed by atoms with Gasteiger partial charge in [-0.2, -0.15) is 0 Å². The molecule has 4 nitrogen and oxygen atoms in total. The van der Waals surface area contributed by atoms with Crippen LogP contribution in [0, 0.1) is 0 Å². The predicted molar refractivity (Wildman–Crippen MR) is 75.7 cm³/mol. The van der Waals surface area contributed by atoms with Crippen LogP contribution in [0.25, 0.3) is 0 Å². The Bertz CT molecular complexity index is 541. The molecule has 1 aromatic heterocycles. The number of aryl methyl sites for hydroxylation is 1. The van der Waals surface area contributed by atoms with Crippen molar-refractivity contribution in [1.82, 2.24) is 20.3 Å². The van der Waals surface area contributed by atoms with Gasteiger partial charge in [-0.3, -0.25) is 4.68 Å². The molecule has 1 N–H and O–H groups in total. The minimum atomic E-state index is 0.0167. The molecule has 96 valence electrons. The lowest BCUT2D eigenvalue weighted by molar-refractivity contribution is 0.567. The molecule has 2 aromatic rings. The molecule has 0 radical (unpaired) electrons. The summed E-state index contributed by atoms with van der Waals surface area (Å²) >= 11 is 9.64. The largest absolute Gasteiger partial charge is 0.305 e. The predicted octanol–water partition coefficient (Wildman–Crippen LogP) is 2.93. The Kier molecular flexibility index (Phi) is 4.37. The maximum atomic E-state index is 6.08. The van der Waals surface area contributed by atoms with Gasteiger partial charge in [-0.05, 0) is 30.3 Å². The van der Waals surface area contributed by atoms with Crippen LogP contribution in [-0.4, -0.2) is 21.5 Å². The van der Waals surface area contributed by atoms with E-state index in [0.29, 0.717) is 5.02 Å². The molecule has 1 aromatic carbocycles. The lowest BCUT2D eigenvalue weighted by atomic mass is 10.0. The van der Waals surface area contributed by atoms with Gasteiger partial charge in [0.2, 0.25) is 0 Å². The molecule has 0 spiro atoms. The molecule has 18 heavy (non-hydrogen) atoms. The van der Waals surface area contributed by atoms with Gasteiger partial charge >= 0.3 is 0 Å². The lowest BCUT2D eigenvalue weighted by Crippen LogP contribution is -2.24. The van der Waals surface area contributed by atoms with E-state index in [1.165, 1.54) is 0 Å². The lowest BCUT2D eigenvalue weighted by Gasteiger charge is -2.19. The summed E-state index contributed by atoms with van der Waals surface area (Å²) in [5.41, 5.74) is 2.08. The highest BCUT2D eigenvalue weighted by Gasteiger charge is 2.19. The molecule has 1 atom stereocenters. The van der Waals surface area contributed by atoms with Crippen molar-refractivity contribution in [2.24, 2.45) is 7.05 Å². The first-order valence-electron chi connectivity index (χ1n) is 5.66. The van der Waals surface area contributed by atoms with Gasteiger partial charge in [0.05, 0.1) is 17.9 Å². The molecule has 1 unspecified atom stereocenters. The van der Waals surface area contributed by atoms with Crippen LogP contribution in [0.15, 0.2) is 28.9 Å². The highest BCUT2D eigenvalue weighted by Crippen LogP contribution is 2.30.